The highest BCUT2D eigenvalue weighted by molar-refractivity contribution is 8.14. The molecule has 0 bridgehead atoms. The Balaban J connectivity index is 1.77. The minimum atomic E-state index is -0.251. The number of carbonyl (C=O) groups excluding carboxylic acids is 1. The first-order chi connectivity index (χ1) is 9.72. The number of nitrogens with zero attached hydrogens (tertiary/aromatic N) is 3. The lowest BCUT2D eigenvalue weighted by molar-refractivity contribution is 0.0972. The third-order valence-corrected chi connectivity index (χ3v) is 3.83. The highest BCUT2D eigenvalue weighted by Crippen LogP contribution is 2.15. The van der Waals surface area contributed by atoms with E-state index in [1.54, 1.807) is 29.1 Å². The Morgan fingerprint density at radius 3 is 3.05 bits per heavy atom. The van der Waals surface area contributed by atoms with Crippen LogP contribution in [0, 0.1) is 0 Å². The quantitative estimate of drug-likeness (QED) is 0.926. The lowest BCUT2D eigenvalue weighted by atomic mass is 10.3. The second kappa shape index (κ2) is 5.68. The van der Waals surface area contributed by atoms with Gasteiger partial charge in [0.25, 0.3) is 5.91 Å². The van der Waals surface area contributed by atoms with Crippen molar-refractivity contribution in [1.82, 2.24) is 15.1 Å². The maximum absolute atomic E-state index is 12.0. The van der Waals surface area contributed by atoms with Crippen LogP contribution in [0.4, 0.5) is 0 Å². The zero-order chi connectivity index (χ0) is 13.9. The Bertz CT molecular complexity index is 683. The molecule has 1 aliphatic heterocycles. The first kappa shape index (κ1) is 13.2. The van der Waals surface area contributed by atoms with Crippen LogP contribution < -0.4 is 5.32 Å². The molecule has 1 aliphatic rings. The van der Waals surface area contributed by atoms with E-state index in [-0.39, 0.29) is 5.91 Å². The van der Waals surface area contributed by atoms with Crippen molar-refractivity contribution in [3.05, 3.63) is 47.2 Å². The van der Waals surface area contributed by atoms with Crippen LogP contribution in [0.5, 0.6) is 0 Å². The second-order valence-corrected chi connectivity index (χ2v) is 5.63. The van der Waals surface area contributed by atoms with E-state index < -0.39 is 0 Å². The third kappa shape index (κ3) is 2.86. The molecule has 0 radical (unpaired) electrons. The van der Waals surface area contributed by atoms with Crippen molar-refractivity contribution in [3.63, 3.8) is 0 Å². The number of halogens is 1. The van der Waals surface area contributed by atoms with Gasteiger partial charge in [0.2, 0.25) is 0 Å². The molecule has 1 aromatic heterocycles. The molecule has 1 N–H and O–H groups in total. The molecule has 7 heteroatoms. The third-order valence-electron chi connectivity index (χ3n) is 2.70. The minimum Gasteiger partial charge on any atom is -0.300 e. The zero-order valence-corrected chi connectivity index (χ0v) is 12.0. The molecule has 2 aromatic rings. The average Bonchev–Trinajstić information content (AvgIpc) is 3.09. The van der Waals surface area contributed by atoms with E-state index in [1.807, 2.05) is 12.1 Å². The molecular weight excluding hydrogens is 296 g/mol. The van der Waals surface area contributed by atoms with Gasteiger partial charge >= 0.3 is 0 Å². The number of aliphatic imine (C=N–C) groups is 1. The van der Waals surface area contributed by atoms with Crippen LogP contribution in [-0.4, -0.2) is 33.2 Å². The summed E-state index contributed by atoms with van der Waals surface area (Å²) >= 11 is 7.48. The molecule has 0 saturated carbocycles. The monoisotopic (exact) mass is 306 g/mol. The molecule has 0 aliphatic carbocycles. The number of rotatable bonds is 2. The van der Waals surface area contributed by atoms with Gasteiger partial charge in [0.1, 0.15) is 0 Å². The topological polar surface area (TPSA) is 59.3 Å². The Morgan fingerprint density at radius 2 is 2.30 bits per heavy atom. The minimum absolute atomic E-state index is 0.251. The predicted molar refractivity (Wildman–Crippen MR) is 80.8 cm³/mol. The Morgan fingerprint density at radius 1 is 1.40 bits per heavy atom. The van der Waals surface area contributed by atoms with E-state index in [0.29, 0.717) is 15.9 Å². The Labute approximate surface area is 125 Å². The lowest BCUT2D eigenvalue weighted by Crippen LogP contribution is -2.27. The number of thioether (sulfide) groups is 1. The summed E-state index contributed by atoms with van der Waals surface area (Å²) in [6.45, 7) is 0.747. The number of amidine groups is 1. The molecule has 20 heavy (non-hydrogen) atoms. The molecule has 1 amide bonds. The van der Waals surface area contributed by atoms with Gasteiger partial charge in [-0.3, -0.25) is 15.1 Å². The number of carbonyl (C=O) groups is 1. The van der Waals surface area contributed by atoms with Crippen LogP contribution >= 0.6 is 23.4 Å². The number of hydrogen-bond donors (Lipinski definition) is 1. The van der Waals surface area contributed by atoms with Gasteiger partial charge in [-0.25, -0.2) is 4.68 Å². The van der Waals surface area contributed by atoms with Gasteiger partial charge in [-0.05, 0) is 24.3 Å². The van der Waals surface area contributed by atoms with E-state index in [0.717, 1.165) is 18.0 Å². The summed E-state index contributed by atoms with van der Waals surface area (Å²) in [6, 6.07) is 8.95. The predicted octanol–water partition coefficient (Wildman–Crippen LogP) is 2.36. The van der Waals surface area contributed by atoms with Gasteiger partial charge in [0, 0.05) is 17.0 Å². The molecule has 0 fully saturated rings. The van der Waals surface area contributed by atoms with Crippen molar-refractivity contribution >= 4 is 34.4 Å². The molecule has 0 atom stereocenters. The van der Waals surface area contributed by atoms with Crippen molar-refractivity contribution < 1.29 is 4.79 Å². The fourth-order valence-corrected chi connectivity index (χ4v) is 2.69. The molecule has 2 heterocycles. The average molecular weight is 307 g/mol. The molecule has 5 nitrogen and oxygen atoms in total. The Hall–Kier alpha value is -1.79. The summed E-state index contributed by atoms with van der Waals surface area (Å²) in [5.74, 6) is 0.658. The molecule has 0 unspecified atom stereocenters. The van der Waals surface area contributed by atoms with E-state index in [9.17, 15) is 4.79 Å². The van der Waals surface area contributed by atoms with Gasteiger partial charge < -0.3 is 0 Å². The van der Waals surface area contributed by atoms with Crippen molar-refractivity contribution in [2.24, 2.45) is 4.99 Å². The zero-order valence-electron chi connectivity index (χ0n) is 10.4. The van der Waals surface area contributed by atoms with Gasteiger partial charge in [-0.2, -0.15) is 5.10 Å². The van der Waals surface area contributed by atoms with Crippen molar-refractivity contribution in [2.45, 2.75) is 0 Å². The summed E-state index contributed by atoms with van der Waals surface area (Å²) < 4.78 is 1.62. The molecular formula is C13H11ClN4OS. The number of nitrogens with one attached hydrogen (secondary N) is 1. The van der Waals surface area contributed by atoms with Crippen LogP contribution in [0.25, 0.3) is 5.69 Å². The van der Waals surface area contributed by atoms with E-state index in [2.05, 4.69) is 15.4 Å². The summed E-state index contributed by atoms with van der Waals surface area (Å²) in [5.41, 5.74) is 1.16. The van der Waals surface area contributed by atoms with Crippen LogP contribution in [0.3, 0.4) is 0 Å². The summed E-state index contributed by atoms with van der Waals surface area (Å²) in [7, 11) is 0. The number of amides is 1. The fourth-order valence-electron chi connectivity index (χ4n) is 1.78. The van der Waals surface area contributed by atoms with Gasteiger partial charge in [0.05, 0.1) is 12.2 Å². The van der Waals surface area contributed by atoms with Crippen molar-refractivity contribution in [2.75, 3.05) is 12.3 Å². The molecule has 102 valence electrons. The van der Waals surface area contributed by atoms with Gasteiger partial charge in [-0.15, -0.1) is 0 Å². The van der Waals surface area contributed by atoms with Crippen LogP contribution in [0.15, 0.2) is 41.5 Å². The van der Waals surface area contributed by atoms with Gasteiger partial charge in [0.15, 0.2) is 10.9 Å². The second-order valence-electron chi connectivity index (χ2n) is 4.11. The van der Waals surface area contributed by atoms with Gasteiger partial charge in [-0.1, -0.05) is 29.4 Å². The normalized spacial score (nSPS) is 14.2. The smallest absolute Gasteiger partial charge is 0.277 e. The summed E-state index contributed by atoms with van der Waals surface area (Å²) in [4.78, 5) is 16.2. The SMILES string of the molecule is O=C(NC1=NCCS1)c1ccn(-c2cccc(Cl)c2)n1. The summed E-state index contributed by atoms with van der Waals surface area (Å²) in [6.07, 6.45) is 1.73. The van der Waals surface area contributed by atoms with E-state index >= 15 is 0 Å². The first-order valence-electron chi connectivity index (χ1n) is 6.02. The highest BCUT2D eigenvalue weighted by Gasteiger charge is 2.15. The number of aromatic nitrogens is 2. The molecule has 0 spiro atoms. The van der Waals surface area contributed by atoms with E-state index in [1.165, 1.54) is 11.8 Å². The Kier molecular flexibility index (Phi) is 3.75. The molecule has 1 aromatic carbocycles. The lowest BCUT2D eigenvalue weighted by Gasteiger charge is -2.02. The largest absolute Gasteiger partial charge is 0.300 e. The fraction of sp³-hybridized carbons (Fsp3) is 0.154. The maximum Gasteiger partial charge on any atom is 0.277 e. The first-order valence-corrected chi connectivity index (χ1v) is 7.39. The van der Waals surface area contributed by atoms with E-state index in [4.69, 9.17) is 11.6 Å². The van der Waals surface area contributed by atoms with Crippen molar-refractivity contribution in [3.8, 4) is 5.69 Å². The van der Waals surface area contributed by atoms with Crippen LogP contribution in [0.2, 0.25) is 5.02 Å². The summed E-state index contributed by atoms with van der Waals surface area (Å²) in [5, 5.41) is 8.27. The molecule has 0 saturated heterocycles. The number of hydrogen-bond acceptors (Lipinski definition) is 4. The standard InChI is InChI=1S/C13H11ClN4OS/c14-9-2-1-3-10(8-9)18-6-4-11(17-18)12(19)16-13-15-5-7-20-13/h1-4,6,8H,5,7H2,(H,15,16,19). The highest BCUT2D eigenvalue weighted by atomic mass is 35.5. The van der Waals surface area contributed by atoms with Crippen LogP contribution in [0.1, 0.15) is 10.5 Å². The van der Waals surface area contributed by atoms with Crippen molar-refractivity contribution in [1.29, 1.82) is 0 Å². The number of benzene rings is 1. The maximum atomic E-state index is 12.0. The molecule has 3 rings (SSSR count). The van der Waals surface area contributed by atoms with Crippen LogP contribution in [-0.2, 0) is 0 Å².